The summed E-state index contributed by atoms with van der Waals surface area (Å²) in [6, 6.07) is 0. The van der Waals surface area contributed by atoms with Crippen molar-refractivity contribution >= 4 is 16.0 Å². The van der Waals surface area contributed by atoms with E-state index in [1.54, 1.807) is 6.92 Å². The third kappa shape index (κ3) is 4.55. The molecule has 1 aliphatic rings. The Morgan fingerprint density at radius 2 is 2.11 bits per heavy atom. The van der Waals surface area contributed by atoms with Gasteiger partial charge in [0.15, 0.2) is 0 Å². The summed E-state index contributed by atoms with van der Waals surface area (Å²) in [5, 5.41) is 0. The molecule has 6 nitrogen and oxygen atoms in total. The van der Waals surface area contributed by atoms with Gasteiger partial charge in [-0.3, -0.25) is 4.79 Å². The third-order valence-corrected chi connectivity index (χ3v) is 4.69. The molecule has 0 aromatic carbocycles. The van der Waals surface area contributed by atoms with Crippen LogP contribution in [-0.4, -0.2) is 38.8 Å². The number of carbonyl (C=O) groups excluding carboxylic acids is 1. The molecule has 0 spiro atoms. The number of nitrogens with two attached hydrogens (primary N) is 1. The van der Waals surface area contributed by atoms with E-state index in [1.165, 1.54) is 0 Å². The minimum absolute atomic E-state index is 0.130. The van der Waals surface area contributed by atoms with E-state index in [9.17, 15) is 13.2 Å². The molecule has 0 aromatic heterocycles. The Morgan fingerprint density at radius 1 is 1.50 bits per heavy atom. The van der Waals surface area contributed by atoms with Crippen LogP contribution >= 0.6 is 0 Å². The summed E-state index contributed by atoms with van der Waals surface area (Å²) in [7, 11) is -3.50. The summed E-state index contributed by atoms with van der Waals surface area (Å²) in [5.41, 5.74) is 5.05. The van der Waals surface area contributed by atoms with Crippen LogP contribution in [0.4, 0.5) is 0 Å². The number of rotatable bonds is 8. The molecule has 1 unspecified atom stereocenters. The van der Waals surface area contributed by atoms with Crippen LogP contribution in [0.3, 0.4) is 0 Å². The van der Waals surface area contributed by atoms with Gasteiger partial charge in [0.25, 0.3) is 0 Å². The molecule has 0 aromatic rings. The molecular weight excluding hydrogens is 256 g/mol. The zero-order valence-electron chi connectivity index (χ0n) is 10.9. The Balaban J connectivity index is 2.50. The summed E-state index contributed by atoms with van der Waals surface area (Å²) in [5.74, 6) is -0.447. The molecule has 0 heterocycles. The average Bonchev–Trinajstić information content (AvgIpc) is 3.10. The van der Waals surface area contributed by atoms with Crippen molar-refractivity contribution in [3.8, 4) is 0 Å². The lowest BCUT2D eigenvalue weighted by Crippen LogP contribution is -2.53. The lowest BCUT2D eigenvalue weighted by molar-refractivity contribution is -0.142. The van der Waals surface area contributed by atoms with Gasteiger partial charge in [0.1, 0.15) is 0 Å². The molecule has 0 aliphatic heterocycles. The van der Waals surface area contributed by atoms with Gasteiger partial charge in [-0.05, 0) is 32.6 Å². The molecular formula is C11H22N2O4S. The second kappa shape index (κ2) is 5.99. The molecule has 7 heteroatoms. The third-order valence-electron chi connectivity index (χ3n) is 3.17. The first-order valence-electron chi connectivity index (χ1n) is 6.20. The quantitative estimate of drug-likeness (QED) is 0.608. The summed E-state index contributed by atoms with van der Waals surface area (Å²) in [6.45, 7) is 4.01. The Hall–Kier alpha value is -0.660. The van der Waals surface area contributed by atoms with Crippen molar-refractivity contribution in [1.29, 1.82) is 0 Å². The second-order valence-corrected chi connectivity index (χ2v) is 6.71. The summed E-state index contributed by atoms with van der Waals surface area (Å²) < 4.78 is 31.1. The fourth-order valence-corrected chi connectivity index (χ4v) is 3.37. The molecule has 0 radical (unpaired) electrons. The van der Waals surface area contributed by atoms with Crippen LogP contribution in [0.2, 0.25) is 0 Å². The Morgan fingerprint density at radius 3 is 2.56 bits per heavy atom. The highest BCUT2D eigenvalue weighted by atomic mass is 32.2. The van der Waals surface area contributed by atoms with E-state index in [-0.39, 0.29) is 25.3 Å². The number of nitrogens with one attached hydrogen (secondary N) is 1. The van der Waals surface area contributed by atoms with Gasteiger partial charge < -0.3 is 10.5 Å². The van der Waals surface area contributed by atoms with Gasteiger partial charge in [-0.15, -0.1) is 0 Å². The normalized spacial score (nSPS) is 19.3. The highest BCUT2D eigenvalue weighted by Crippen LogP contribution is 2.39. The molecule has 0 saturated heterocycles. The first kappa shape index (κ1) is 15.4. The fraction of sp³-hybridized carbons (Fsp3) is 0.909. The summed E-state index contributed by atoms with van der Waals surface area (Å²) in [4.78, 5) is 11.1. The van der Waals surface area contributed by atoms with Crippen LogP contribution < -0.4 is 10.5 Å². The van der Waals surface area contributed by atoms with Gasteiger partial charge in [-0.25, -0.2) is 13.1 Å². The van der Waals surface area contributed by atoms with Gasteiger partial charge in [-0.2, -0.15) is 0 Å². The molecule has 18 heavy (non-hydrogen) atoms. The van der Waals surface area contributed by atoms with E-state index in [2.05, 4.69) is 4.72 Å². The Kier molecular flexibility index (Phi) is 5.12. The SMILES string of the molecule is CCOC(=O)CCS(=O)(=O)NC(C)(CN)C1CC1. The minimum atomic E-state index is -3.50. The Labute approximate surface area is 108 Å². The van der Waals surface area contributed by atoms with Crippen molar-refractivity contribution in [2.75, 3.05) is 18.9 Å². The van der Waals surface area contributed by atoms with Crippen molar-refractivity contribution in [2.24, 2.45) is 11.7 Å². The average molecular weight is 278 g/mol. The smallest absolute Gasteiger partial charge is 0.306 e. The van der Waals surface area contributed by atoms with Crippen LogP contribution in [0, 0.1) is 5.92 Å². The second-order valence-electron chi connectivity index (χ2n) is 4.87. The van der Waals surface area contributed by atoms with Crippen LogP contribution in [0.5, 0.6) is 0 Å². The van der Waals surface area contributed by atoms with E-state index in [0.29, 0.717) is 5.92 Å². The van der Waals surface area contributed by atoms with E-state index in [1.807, 2.05) is 6.92 Å². The molecule has 1 saturated carbocycles. The minimum Gasteiger partial charge on any atom is -0.466 e. The molecule has 106 valence electrons. The highest BCUT2D eigenvalue weighted by molar-refractivity contribution is 7.89. The molecule has 1 atom stereocenters. The number of esters is 1. The van der Waals surface area contributed by atoms with Crippen LogP contribution in [0.1, 0.15) is 33.1 Å². The molecule has 3 N–H and O–H groups in total. The fourth-order valence-electron chi connectivity index (χ4n) is 1.87. The lowest BCUT2D eigenvalue weighted by Gasteiger charge is -2.28. The molecule has 0 amide bonds. The molecule has 1 fully saturated rings. The van der Waals surface area contributed by atoms with Crippen LogP contribution in [0.15, 0.2) is 0 Å². The van der Waals surface area contributed by atoms with E-state index in [4.69, 9.17) is 10.5 Å². The standard InChI is InChI=1S/C11H22N2O4S/c1-3-17-10(14)6-7-18(15,16)13-11(2,8-12)9-4-5-9/h9,13H,3-8,12H2,1-2H3. The van der Waals surface area contributed by atoms with Gasteiger partial charge >= 0.3 is 5.97 Å². The van der Waals surface area contributed by atoms with Gasteiger partial charge in [0.2, 0.25) is 10.0 Å². The predicted octanol–water partition coefficient (Wildman–Crippen LogP) is -0.0136. The number of hydrogen-bond donors (Lipinski definition) is 2. The van der Waals surface area contributed by atoms with Crippen molar-refractivity contribution < 1.29 is 17.9 Å². The van der Waals surface area contributed by atoms with Crippen molar-refractivity contribution in [3.63, 3.8) is 0 Å². The zero-order valence-corrected chi connectivity index (χ0v) is 11.8. The van der Waals surface area contributed by atoms with Crippen LogP contribution in [-0.2, 0) is 19.6 Å². The van der Waals surface area contributed by atoms with Gasteiger partial charge in [0, 0.05) is 12.1 Å². The largest absolute Gasteiger partial charge is 0.466 e. The maximum Gasteiger partial charge on any atom is 0.306 e. The highest BCUT2D eigenvalue weighted by Gasteiger charge is 2.42. The van der Waals surface area contributed by atoms with Crippen molar-refractivity contribution in [2.45, 2.75) is 38.6 Å². The number of hydrogen-bond acceptors (Lipinski definition) is 5. The maximum atomic E-state index is 11.9. The predicted molar refractivity (Wildman–Crippen MR) is 68.4 cm³/mol. The molecule has 1 rings (SSSR count). The summed E-state index contributed by atoms with van der Waals surface area (Å²) in [6.07, 6.45) is 1.86. The van der Waals surface area contributed by atoms with Crippen molar-refractivity contribution in [1.82, 2.24) is 4.72 Å². The first-order valence-corrected chi connectivity index (χ1v) is 7.85. The van der Waals surface area contributed by atoms with Gasteiger partial charge in [0.05, 0.1) is 18.8 Å². The first-order chi connectivity index (χ1) is 8.33. The van der Waals surface area contributed by atoms with E-state index < -0.39 is 21.5 Å². The molecule has 0 bridgehead atoms. The lowest BCUT2D eigenvalue weighted by atomic mass is 9.98. The van der Waals surface area contributed by atoms with E-state index in [0.717, 1.165) is 12.8 Å². The number of carbonyl (C=O) groups is 1. The van der Waals surface area contributed by atoms with Crippen molar-refractivity contribution in [3.05, 3.63) is 0 Å². The maximum absolute atomic E-state index is 11.9. The molecule has 1 aliphatic carbocycles. The van der Waals surface area contributed by atoms with E-state index >= 15 is 0 Å². The zero-order chi connectivity index (χ0) is 13.8. The monoisotopic (exact) mass is 278 g/mol. The number of ether oxygens (including phenoxy) is 1. The Bertz CT molecular complexity index is 392. The van der Waals surface area contributed by atoms with Crippen LogP contribution in [0.25, 0.3) is 0 Å². The topological polar surface area (TPSA) is 98.5 Å². The van der Waals surface area contributed by atoms with Gasteiger partial charge in [-0.1, -0.05) is 0 Å². The number of sulfonamides is 1. The summed E-state index contributed by atoms with van der Waals surface area (Å²) >= 11 is 0.